The van der Waals surface area contributed by atoms with Crippen LogP contribution in [0.5, 0.6) is 5.75 Å². The van der Waals surface area contributed by atoms with Crippen LogP contribution in [0.1, 0.15) is 70.9 Å². The maximum Gasteiger partial charge on any atom is 0.324 e. The van der Waals surface area contributed by atoms with E-state index in [0.717, 1.165) is 36.0 Å². The molecule has 0 radical (unpaired) electrons. The zero-order chi connectivity index (χ0) is 25.3. The first kappa shape index (κ1) is 27.6. The maximum absolute atomic E-state index is 13.0. The van der Waals surface area contributed by atoms with Gasteiger partial charge >= 0.3 is 5.97 Å². The summed E-state index contributed by atoms with van der Waals surface area (Å²) in [5.74, 6) is -0.518. The summed E-state index contributed by atoms with van der Waals surface area (Å²) < 4.78 is 5.55. The van der Waals surface area contributed by atoms with Crippen molar-refractivity contribution in [3.8, 4) is 5.75 Å². The van der Waals surface area contributed by atoms with Crippen molar-refractivity contribution in [2.75, 3.05) is 13.2 Å². The Kier molecular flexibility index (Phi) is 10.3. The van der Waals surface area contributed by atoms with Crippen molar-refractivity contribution < 1.29 is 19.4 Å². The zero-order valence-electron chi connectivity index (χ0n) is 21.1. The summed E-state index contributed by atoms with van der Waals surface area (Å²) in [4.78, 5) is 25.6. The monoisotopic (exact) mass is 471 g/mol. The summed E-state index contributed by atoms with van der Waals surface area (Å²) in [5, 5.41) is 11.6. The van der Waals surface area contributed by atoms with Crippen molar-refractivity contribution in [1.82, 2.24) is 10.4 Å². The van der Waals surface area contributed by atoms with E-state index in [4.69, 9.17) is 10.5 Å². The number of hydrogen-bond acceptors (Lipinski definition) is 6. The first-order valence-corrected chi connectivity index (χ1v) is 12.3. The number of carbonyl (C=O) groups is 2. The quantitative estimate of drug-likeness (QED) is 0.331. The Hall–Kier alpha value is -2.64. The second-order valence-electron chi connectivity index (χ2n) is 9.81. The molecule has 188 valence electrons. The van der Waals surface area contributed by atoms with Crippen LogP contribution in [0.4, 0.5) is 0 Å². The molecular weight excluding hydrogens is 430 g/mol. The molecule has 1 amide bonds. The highest BCUT2D eigenvalue weighted by molar-refractivity contribution is 5.83. The third-order valence-electron chi connectivity index (χ3n) is 6.00. The van der Waals surface area contributed by atoms with Crippen LogP contribution >= 0.6 is 0 Å². The Morgan fingerprint density at radius 2 is 2.09 bits per heavy atom. The van der Waals surface area contributed by atoms with Crippen molar-refractivity contribution >= 4 is 17.4 Å². The average Bonchev–Trinajstić information content (AvgIpc) is 2.80. The molecule has 1 aliphatic rings. The number of rotatable bonds is 11. The number of benzene rings is 1. The molecule has 7 heteroatoms. The predicted molar refractivity (Wildman–Crippen MR) is 136 cm³/mol. The van der Waals surface area contributed by atoms with Crippen molar-refractivity contribution in [2.24, 2.45) is 11.1 Å². The van der Waals surface area contributed by atoms with Crippen LogP contribution in [0.15, 0.2) is 36.9 Å². The number of hydrogen-bond donors (Lipinski definition) is 3. The Morgan fingerprint density at radius 3 is 2.74 bits per heavy atom. The number of phenols is 1. The van der Waals surface area contributed by atoms with E-state index in [1.165, 1.54) is 5.01 Å². The van der Waals surface area contributed by atoms with E-state index in [2.05, 4.69) is 32.8 Å². The summed E-state index contributed by atoms with van der Waals surface area (Å²) in [6.07, 6.45) is 8.15. The van der Waals surface area contributed by atoms with Crippen molar-refractivity contribution in [3.05, 3.63) is 48.1 Å². The number of ether oxygens (including phenoxy) is 1. The fourth-order valence-electron chi connectivity index (χ4n) is 4.27. The van der Waals surface area contributed by atoms with Crippen LogP contribution in [-0.4, -0.2) is 47.2 Å². The number of allylic oxidation sites excluding steroid dienone is 3. The van der Waals surface area contributed by atoms with Gasteiger partial charge in [-0.2, -0.15) is 0 Å². The van der Waals surface area contributed by atoms with Crippen LogP contribution in [0.3, 0.4) is 0 Å². The SMILES string of the molecule is C=C/C(=C\CC)c1cc(O)cc(C[C@H](N)C(=O)N2CCC[C@@H](C(=O)OCC(C)(C)CCC)N2)c1. The third kappa shape index (κ3) is 7.99. The van der Waals surface area contributed by atoms with E-state index in [1.54, 1.807) is 18.2 Å². The normalized spacial score (nSPS) is 17.9. The van der Waals surface area contributed by atoms with E-state index < -0.39 is 12.1 Å². The fraction of sp³-hybridized carbons (Fsp3) is 0.556. The highest BCUT2D eigenvalue weighted by atomic mass is 16.5. The van der Waals surface area contributed by atoms with Gasteiger partial charge in [0, 0.05) is 6.54 Å². The van der Waals surface area contributed by atoms with Gasteiger partial charge in [0.1, 0.15) is 11.8 Å². The number of phenolic OH excluding ortho intramolecular Hbond substituents is 1. The zero-order valence-corrected chi connectivity index (χ0v) is 21.1. The second-order valence-corrected chi connectivity index (χ2v) is 9.81. The van der Waals surface area contributed by atoms with E-state index in [1.807, 2.05) is 19.1 Å². The number of carbonyl (C=O) groups excluding carboxylic acids is 2. The minimum Gasteiger partial charge on any atom is -0.508 e. The van der Waals surface area contributed by atoms with Gasteiger partial charge in [0.2, 0.25) is 0 Å². The number of esters is 1. The van der Waals surface area contributed by atoms with Gasteiger partial charge in [0.25, 0.3) is 5.91 Å². The lowest BCUT2D eigenvalue weighted by molar-refractivity contribution is -0.155. The Labute approximate surface area is 204 Å². The van der Waals surface area contributed by atoms with Crippen LogP contribution in [-0.2, 0) is 20.7 Å². The molecule has 1 heterocycles. The highest BCUT2D eigenvalue weighted by Gasteiger charge is 2.32. The van der Waals surface area contributed by atoms with E-state index >= 15 is 0 Å². The van der Waals surface area contributed by atoms with Gasteiger partial charge in [-0.3, -0.25) is 14.6 Å². The molecule has 1 fully saturated rings. The molecule has 1 aliphatic heterocycles. The smallest absolute Gasteiger partial charge is 0.324 e. The van der Waals surface area contributed by atoms with Gasteiger partial charge in [-0.1, -0.05) is 58.9 Å². The number of nitrogens with two attached hydrogens (primary N) is 1. The molecule has 0 spiro atoms. The number of amides is 1. The molecule has 1 aromatic carbocycles. The Bertz CT molecular complexity index is 894. The lowest BCUT2D eigenvalue weighted by Crippen LogP contribution is -2.59. The molecule has 0 aliphatic carbocycles. The van der Waals surface area contributed by atoms with Gasteiger partial charge in [-0.05, 0) is 66.4 Å². The average molecular weight is 472 g/mol. The molecule has 7 nitrogen and oxygen atoms in total. The number of hydrazine groups is 1. The summed E-state index contributed by atoms with van der Waals surface area (Å²) in [7, 11) is 0. The van der Waals surface area contributed by atoms with Gasteiger partial charge < -0.3 is 15.6 Å². The van der Waals surface area contributed by atoms with Crippen LogP contribution < -0.4 is 11.2 Å². The summed E-state index contributed by atoms with van der Waals surface area (Å²) in [5.41, 5.74) is 11.7. The van der Waals surface area contributed by atoms with Crippen LogP contribution in [0.2, 0.25) is 0 Å². The number of nitrogens with zero attached hydrogens (tertiary/aromatic N) is 1. The molecule has 1 saturated heterocycles. The van der Waals surface area contributed by atoms with Gasteiger partial charge in [-0.15, -0.1) is 0 Å². The molecule has 0 bridgehead atoms. The first-order valence-electron chi connectivity index (χ1n) is 12.3. The van der Waals surface area contributed by atoms with Crippen molar-refractivity contribution in [2.45, 2.75) is 78.3 Å². The topological polar surface area (TPSA) is 105 Å². The molecule has 34 heavy (non-hydrogen) atoms. The summed E-state index contributed by atoms with van der Waals surface area (Å²) >= 11 is 0. The molecule has 4 N–H and O–H groups in total. The predicted octanol–water partition coefficient (Wildman–Crippen LogP) is 4.11. The standard InChI is InChI=1S/C27H41N3O4/c1-6-10-20(8-3)21-14-19(15-22(31)17-21)16-23(28)25(32)30-13-9-11-24(29-30)26(33)34-18-27(4,5)12-7-2/h8,10,14-15,17,23-24,29,31H,3,6-7,9,11-13,16,18,28H2,1-2,4-5H3/b20-10+/t23-,24-/m0/s1. The molecular formula is C27H41N3O4. The summed E-state index contributed by atoms with van der Waals surface area (Å²) in [6.45, 7) is 13.0. The molecule has 0 aromatic heterocycles. The Balaban J connectivity index is 2.01. The lowest BCUT2D eigenvalue weighted by atomic mass is 9.89. The minimum absolute atomic E-state index is 0.0746. The van der Waals surface area contributed by atoms with Crippen molar-refractivity contribution in [3.63, 3.8) is 0 Å². The second kappa shape index (κ2) is 12.7. The molecule has 1 aromatic rings. The van der Waals surface area contributed by atoms with Gasteiger partial charge in [0.05, 0.1) is 12.6 Å². The Morgan fingerprint density at radius 1 is 1.35 bits per heavy atom. The highest BCUT2D eigenvalue weighted by Crippen LogP contribution is 2.25. The maximum atomic E-state index is 13.0. The molecule has 0 saturated carbocycles. The third-order valence-corrected chi connectivity index (χ3v) is 6.00. The van der Waals surface area contributed by atoms with E-state index in [9.17, 15) is 14.7 Å². The van der Waals surface area contributed by atoms with Crippen LogP contribution in [0, 0.1) is 5.41 Å². The lowest BCUT2D eigenvalue weighted by Gasteiger charge is -2.34. The fourth-order valence-corrected chi connectivity index (χ4v) is 4.27. The molecule has 2 atom stereocenters. The number of nitrogens with one attached hydrogen (secondary N) is 1. The molecule has 0 unspecified atom stereocenters. The van der Waals surface area contributed by atoms with E-state index in [0.29, 0.717) is 26.0 Å². The van der Waals surface area contributed by atoms with Gasteiger partial charge in [0.15, 0.2) is 0 Å². The van der Waals surface area contributed by atoms with Crippen LogP contribution in [0.25, 0.3) is 5.57 Å². The van der Waals surface area contributed by atoms with E-state index in [-0.39, 0.29) is 29.5 Å². The largest absolute Gasteiger partial charge is 0.508 e. The molecule has 2 rings (SSSR count). The number of aromatic hydroxyl groups is 1. The minimum atomic E-state index is -0.817. The summed E-state index contributed by atoms with van der Waals surface area (Å²) in [6, 6.07) is 3.82. The van der Waals surface area contributed by atoms with Gasteiger partial charge in [-0.25, -0.2) is 5.43 Å². The van der Waals surface area contributed by atoms with Crippen molar-refractivity contribution in [1.29, 1.82) is 0 Å². The first-order chi connectivity index (χ1) is 16.1.